The SMILES string of the molecule is Cc1ccc(Sc2nnc(C)s2)c(CC(C)N)c1. The molecule has 0 saturated heterocycles. The second-order valence-electron chi connectivity index (χ2n) is 4.48. The molecule has 0 radical (unpaired) electrons. The molecule has 18 heavy (non-hydrogen) atoms. The summed E-state index contributed by atoms with van der Waals surface area (Å²) in [5.41, 5.74) is 8.47. The molecule has 0 aliphatic carbocycles. The molecular weight excluding hydrogens is 262 g/mol. The van der Waals surface area contributed by atoms with Crippen LogP contribution in [0.25, 0.3) is 0 Å². The summed E-state index contributed by atoms with van der Waals surface area (Å²) in [5.74, 6) is 0. The fraction of sp³-hybridized carbons (Fsp3) is 0.385. The molecule has 0 bridgehead atoms. The molecule has 2 aromatic rings. The van der Waals surface area contributed by atoms with Crippen LogP contribution in [0, 0.1) is 13.8 Å². The predicted octanol–water partition coefficient (Wildman–Crippen LogP) is 3.20. The van der Waals surface area contributed by atoms with Crippen LogP contribution < -0.4 is 5.73 Å². The van der Waals surface area contributed by atoms with Crippen LogP contribution in [0.4, 0.5) is 0 Å². The maximum absolute atomic E-state index is 5.91. The van der Waals surface area contributed by atoms with Crippen LogP contribution in [0.1, 0.15) is 23.1 Å². The summed E-state index contributed by atoms with van der Waals surface area (Å²) in [7, 11) is 0. The van der Waals surface area contributed by atoms with Gasteiger partial charge in [-0.3, -0.25) is 0 Å². The first-order valence-corrected chi connectivity index (χ1v) is 7.51. The van der Waals surface area contributed by atoms with Gasteiger partial charge in [0.2, 0.25) is 0 Å². The highest BCUT2D eigenvalue weighted by molar-refractivity contribution is 8.01. The van der Waals surface area contributed by atoms with E-state index in [4.69, 9.17) is 5.73 Å². The number of hydrogen-bond acceptors (Lipinski definition) is 5. The van der Waals surface area contributed by atoms with Crippen LogP contribution in [0.5, 0.6) is 0 Å². The Bertz CT molecular complexity index is 535. The molecule has 0 fully saturated rings. The average molecular weight is 279 g/mol. The molecule has 1 heterocycles. The van der Waals surface area contributed by atoms with E-state index in [0.717, 1.165) is 15.8 Å². The molecule has 96 valence electrons. The van der Waals surface area contributed by atoms with Crippen molar-refractivity contribution in [2.75, 3.05) is 0 Å². The first kappa shape index (κ1) is 13.5. The largest absolute Gasteiger partial charge is 0.328 e. The summed E-state index contributed by atoms with van der Waals surface area (Å²) in [4.78, 5) is 1.23. The van der Waals surface area contributed by atoms with Crippen LogP contribution in [-0.4, -0.2) is 16.2 Å². The van der Waals surface area contributed by atoms with E-state index < -0.39 is 0 Å². The van der Waals surface area contributed by atoms with Gasteiger partial charge in [-0.25, -0.2) is 0 Å². The third kappa shape index (κ3) is 3.54. The Hall–Kier alpha value is -0.910. The van der Waals surface area contributed by atoms with Crippen molar-refractivity contribution in [3.63, 3.8) is 0 Å². The monoisotopic (exact) mass is 279 g/mol. The van der Waals surface area contributed by atoms with Crippen molar-refractivity contribution in [3.8, 4) is 0 Å². The molecule has 1 aromatic heterocycles. The summed E-state index contributed by atoms with van der Waals surface area (Å²) in [6.45, 7) is 6.11. The maximum atomic E-state index is 5.91. The predicted molar refractivity (Wildman–Crippen MR) is 77.3 cm³/mol. The Morgan fingerprint density at radius 1 is 1.33 bits per heavy atom. The Morgan fingerprint density at radius 3 is 2.72 bits per heavy atom. The normalized spacial score (nSPS) is 12.7. The molecule has 0 aliphatic rings. The minimum atomic E-state index is 0.169. The first-order chi connectivity index (χ1) is 8.54. The lowest BCUT2D eigenvalue weighted by molar-refractivity contribution is 0.729. The summed E-state index contributed by atoms with van der Waals surface area (Å²) in [6.07, 6.45) is 0.891. The molecular formula is C13H17N3S2. The van der Waals surface area contributed by atoms with E-state index in [9.17, 15) is 0 Å². The van der Waals surface area contributed by atoms with Crippen LogP contribution in [0.2, 0.25) is 0 Å². The number of hydrogen-bond donors (Lipinski definition) is 1. The highest BCUT2D eigenvalue weighted by Crippen LogP contribution is 2.33. The van der Waals surface area contributed by atoms with E-state index in [0.29, 0.717) is 0 Å². The minimum absolute atomic E-state index is 0.169. The molecule has 0 saturated carbocycles. The van der Waals surface area contributed by atoms with Crippen molar-refractivity contribution < 1.29 is 0 Å². The number of nitrogens with zero attached hydrogens (tertiary/aromatic N) is 2. The quantitative estimate of drug-likeness (QED) is 0.934. The fourth-order valence-corrected chi connectivity index (χ4v) is 3.62. The average Bonchev–Trinajstić information content (AvgIpc) is 2.67. The lowest BCUT2D eigenvalue weighted by atomic mass is 10.1. The number of nitrogens with two attached hydrogens (primary N) is 1. The summed E-state index contributed by atoms with van der Waals surface area (Å²) in [6, 6.07) is 6.65. The third-order valence-electron chi connectivity index (χ3n) is 2.46. The van der Waals surface area contributed by atoms with Crippen molar-refractivity contribution in [1.82, 2.24) is 10.2 Å². The van der Waals surface area contributed by atoms with Crippen LogP contribution in [0.3, 0.4) is 0 Å². The zero-order valence-electron chi connectivity index (χ0n) is 10.8. The van der Waals surface area contributed by atoms with Gasteiger partial charge in [0.05, 0.1) is 0 Å². The summed E-state index contributed by atoms with van der Waals surface area (Å²) >= 11 is 3.30. The van der Waals surface area contributed by atoms with E-state index in [1.54, 1.807) is 23.1 Å². The van der Waals surface area contributed by atoms with Gasteiger partial charge in [-0.2, -0.15) is 0 Å². The lowest BCUT2D eigenvalue weighted by Crippen LogP contribution is -2.18. The Balaban J connectivity index is 2.26. The van der Waals surface area contributed by atoms with Gasteiger partial charge >= 0.3 is 0 Å². The van der Waals surface area contributed by atoms with Crippen molar-refractivity contribution in [2.45, 2.75) is 42.5 Å². The van der Waals surface area contributed by atoms with E-state index in [-0.39, 0.29) is 6.04 Å². The molecule has 5 heteroatoms. The van der Waals surface area contributed by atoms with Crippen LogP contribution in [0.15, 0.2) is 27.4 Å². The highest BCUT2D eigenvalue weighted by atomic mass is 32.2. The van der Waals surface area contributed by atoms with Crippen molar-refractivity contribution in [2.24, 2.45) is 5.73 Å². The van der Waals surface area contributed by atoms with E-state index in [2.05, 4.69) is 35.3 Å². The number of aryl methyl sites for hydroxylation is 2. The molecule has 2 N–H and O–H groups in total. The zero-order chi connectivity index (χ0) is 13.1. The number of benzene rings is 1. The van der Waals surface area contributed by atoms with Crippen molar-refractivity contribution in [3.05, 3.63) is 34.3 Å². The minimum Gasteiger partial charge on any atom is -0.328 e. The molecule has 0 aliphatic heterocycles. The second-order valence-corrected chi connectivity index (χ2v) is 6.95. The van der Waals surface area contributed by atoms with Gasteiger partial charge in [0.1, 0.15) is 5.01 Å². The fourth-order valence-electron chi connectivity index (χ4n) is 1.73. The second kappa shape index (κ2) is 5.82. The van der Waals surface area contributed by atoms with Gasteiger partial charge in [-0.1, -0.05) is 40.8 Å². The molecule has 3 nitrogen and oxygen atoms in total. The smallest absolute Gasteiger partial charge is 0.179 e. The van der Waals surface area contributed by atoms with Gasteiger partial charge in [0.25, 0.3) is 0 Å². The Labute approximate surface area is 116 Å². The topological polar surface area (TPSA) is 51.8 Å². The molecule has 1 aromatic carbocycles. The van der Waals surface area contributed by atoms with Gasteiger partial charge in [0.15, 0.2) is 4.34 Å². The van der Waals surface area contributed by atoms with Crippen LogP contribution in [-0.2, 0) is 6.42 Å². The highest BCUT2D eigenvalue weighted by Gasteiger charge is 2.09. The molecule has 1 atom stereocenters. The van der Waals surface area contributed by atoms with Gasteiger partial charge < -0.3 is 5.73 Å². The third-order valence-corrected chi connectivity index (χ3v) is 4.47. The van der Waals surface area contributed by atoms with Crippen molar-refractivity contribution >= 4 is 23.1 Å². The van der Waals surface area contributed by atoms with E-state index in [1.807, 2.05) is 13.8 Å². The molecule has 0 spiro atoms. The number of aromatic nitrogens is 2. The van der Waals surface area contributed by atoms with E-state index >= 15 is 0 Å². The first-order valence-electron chi connectivity index (χ1n) is 5.87. The van der Waals surface area contributed by atoms with Gasteiger partial charge in [-0.05, 0) is 38.8 Å². The summed E-state index contributed by atoms with van der Waals surface area (Å²) < 4.78 is 0.988. The van der Waals surface area contributed by atoms with Gasteiger partial charge in [-0.15, -0.1) is 10.2 Å². The molecule has 1 unspecified atom stereocenters. The Kier molecular flexibility index (Phi) is 4.37. The number of rotatable bonds is 4. The van der Waals surface area contributed by atoms with E-state index in [1.165, 1.54) is 16.0 Å². The maximum Gasteiger partial charge on any atom is 0.179 e. The molecule has 2 rings (SSSR count). The standard InChI is InChI=1S/C13H17N3S2/c1-8-4-5-12(11(6-8)7-9(2)14)18-13-16-15-10(3)17-13/h4-6,9H,7,14H2,1-3H3. The Morgan fingerprint density at radius 2 is 2.11 bits per heavy atom. The summed E-state index contributed by atoms with van der Waals surface area (Å²) in [5, 5.41) is 9.20. The van der Waals surface area contributed by atoms with Crippen LogP contribution >= 0.6 is 23.1 Å². The van der Waals surface area contributed by atoms with Gasteiger partial charge in [0, 0.05) is 10.9 Å². The van der Waals surface area contributed by atoms with Crippen molar-refractivity contribution in [1.29, 1.82) is 0 Å². The lowest BCUT2D eigenvalue weighted by Gasteiger charge is -2.11. The molecule has 0 amide bonds. The zero-order valence-corrected chi connectivity index (χ0v) is 12.4.